The zero-order valence-electron chi connectivity index (χ0n) is 15.2. The van der Waals surface area contributed by atoms with Gasteiger partial charge in [0.2, 0.25) is 0 Å². The van der Waals surface area contributed by atoms with E-state index in [9.17, 15) is 4.79 Å². The van der Waals surface area contributed by atoms with Crippen molar-refractivity contribution in [1.82, 2.24) is 24.5 Å². The Morgan fingerprint density at radius 2 is 2.15 bits per heavy atom. The molecule has 0 saturated carbocycles. The number of piperidine rings is 1. The number of hydrogen-bond donors (Lipinski definition) is 0. The number of aryl methyl sites for hydroxylation is 2. The van der Waals surface area contributed by atoms with Crippen LogP contribution in [0.3, 0.4) is 0 Å². The molecule has 1 aliphatic rings. The summed E-state index contributed by atoms with van der Waals surface area (Å²) in [5, 5.41) is 4.33. The Kier molecular flexibility index (Phi) is 4.41. The molecular formula is C20H23N5O. The molecule has 1 saturated heterocycles. The molecule has 134 valence electrons. The van der Waals surface area contributed by atoms with Crippen LogP contribution in [-0.4, -0.2) is 43.5 Å². The van der Waals surface area contributed by atoms with Crippen molar-refractivity contribution in [3.8, 4) is 0 Å². The van der Waals surface area contributed by atoms with Crippen LogP contribution in [0.5, 0.6) is 0 Å². The van der Waals surface area contributed by atoms with Gasteiger partial charge in [0.1, 0.15) is 6.33 Å². The molecule has 26 heavy (non-hydrogen) atoms. The zero-order chi connectivity index (χ0) is 18.1. The number of likely N-dealkylation sites (tertiary alicyclic amines) is 1. The summed E-state index contributed by atoms with van der Waals surface area (Å²) in [5.74, 6) is 1.000. The maximum Gasteiger partial charge on any atom is 0.254 e. The highest BCUT2D eigenvalue weighted by atomic mass is 16.2. The number of nitrogens with zero attached hydrogens (tertiary/aromatic N) is 5. The lowest BCUT2D eigenvalue weighted by Gasteiger charge is -2.33. The Hall–Kier alpha value is -2.76. The van der Waals surface area contributed by atoms with Crippen molar-refractivity contribution >= 4 is 11.7 Å². The molecule has 1 aromatic carbocycles. The molecular weight excluding hydrogens is 326 g/mol. The van der Waals surface area contributed by atoms with Gasteiger partial charge in [-0.05, 0) is 43.9 Å². The van der Waals surface area contributed by atoms with E-state index in [0.29, 0.717) is 12.3 Å². The summed E-state index contributed by atoms with van der Waals surface area (Å²) >= 11 is 0. The fraction of sp³-hybridized carbons (Fsp3) is 0.400. The second-order valence-electron chi connectivity index (χ2n) is 6.90. The summed E-state index contributed by atoms with van der Waals surface area (Å²) in [6.07, 6.45) is 4.43. The standard InChI is InChI=1S/C20H23N5O/c1-3-15-7-4-5-9-17(15)19(26)24-10-6-8-16(12-24)18-11-14(2)23-20-21-13-22-25(18)20/h4-5,7,9,11,13,16H,3,6,8,10,12H2,1-2H3. The molecule has 1 atom stereocenters. The molecule has 4 rings (SSSR count). The molecule has 0 spiro atoms. The Balaban J connectivity index is 1.63. The third-order valence-corrected chi connectivity index (χ3v) is 5.16. The molecule has 2 aromatic heterocycles. The van der Waals surface area contributed by atoms with Crippen molar-refractivity contribution in [2.75, 3.05) is 13.1 Å². The van der Waals surface area contributed by atoms with Crippen molar-refractivity contribution in [2.45, 2.75) is 39.0 Å². The summed E-state index contributed by atoms with van der Waals surface area (Å²) in [5.41, 5.74) is 3.96. The highest BCUT2D eigenvalue weighted by molar-refractivity contribution is 5.95. The Morgan fingerprint density at radius 3 is 3.00 bits per heavy atom. The average molecular weight is 349 g/mol. The van der Waals surface area contributed by atoms with Gasteiger partial charge >= 0.3 is 0 Å². The number of amides is 1. The van der Waals surface area contributed by atoms with Crippen LogP contribution in [-0.2, 0) is 6.42 Å². The van der Waals surface area contributed by atoms with E-state index in [0.717, 1.165) is 48.3 Å². The molecule has 3 heterocycles. The lowest BCUT2D eigenvalue weighted by atomic mass is 9.93. The summed E-state index contributed by atoms with van der Waals surface area (Å²) in [7, 11) is 0. The molecule has 6 nitrogen and oxygen atoms in total. The third kappa shape index (κ3) is 2.96. The first-order valence-electron chi connectivity index (χ1n) is 9.22. The van der Waals surface area contributed by atoms with Crippen molar-refractivity contribution in [1.29, 1.82) is 0 Å². The summed E-state index contributed by atoms with van der Waals surface area (Å²) in [6.45, 7) is 5.57. The molecule has 0 aliphatic carbocycles. The van der Waals surface area contributed by atoms with Crippen LogP contribution in [0.25, 0.3) is 5.78 Å². The van der Waals surface area contributed by atoms with Crippen LogP contribution in [0.15, 0.2) is 36.7 Å². The summed E-state index contributed by atoms with van der Waals surface area (Å²) in [6, 6.07) is 9.99. The van der Waals surface area contributed by atoms with Gasteiger partial charge in [-0.25, -0.2) is 9.50 Å². The van der Waals surface area contributed by atoms with Gasteiger partial charge in [0.15, 0.2) is 0 Å². The lowest BCUT2D eigenvalue weighted by Crippen LogP contribution is -2.40. The maximum atomic E-state index is 13.1. The van der Waals surface area contributed by atoms with Crippen LogP contribution in [0.1, 0.15) is 53.0 Å². The van der Waals surface area contributed by atoms with Gasteiger partial charge in [0.25, 0.3) is 11.7 Å². The van der Waals surface area contributed by atoms with Crippen LogP contribution in [0.4, 0.5) is 0 Å². The number of fused-ring (bicyclic) bond motifs is 1. The Morgan fingerprint density at radius 1 is 1.31 bits per heavy atom. The minimum absolute atomic E-state index is 0.132. The molecule has 3 aromatic rings. The van der Waals surface area contributed by atoms with E-state index in [-0.39, 0.29) is 11.8 Å². The van der Waals surface area contributed by atoms with Gasteiger partial charge < -0.3 is 4.90 Å². The average Bonchev–Trinajstić information content (AvgIpc) is 3.15. The molecule has 0 N–H and O–H groups in total. The van der Waals surface area contributed by atoms with Gasteiger partial charge in [-0.2, -0.15) is 10.1 Å². The van der Waals surface area contributed by atoms with E-state index in [4.69, 9.17) is 0 Å². The van der Waals surface area contributed by atoms with E-state index >= 15 is 0 Å². The lowest BCUT2D eigenvalue weighted by molar-refractivity contribution is 0.0704. The van der Waals surface area contributed by atoms with Crippen LogP contribution < -0.4 is 0 Å². The summed E-state index contributed by atoms with van der Waals surface area (Å²) < 4.78 is 1.81. The molecule has 1 amide bonds. The van der Waals surface area contributed by atoms with E-state index in [1.54, 1.807) is 0 Å². The topological polar surface area (TPSA) is 63.4 Å². The number of aromatic nitrogens is 4. The normalized spacial score (nSPS) is 17.6. The largest absolute Gasteiger partial charge is 0.338 e. The van der Waals surface area contributed by atoms with E-state index in [2.05, 4.69) is 28.1 Å². The van der Waals surface area contributed by atoms with Crippen LogP contribution >= 0.6 is 0 Å². The van der Waals surface area contributed by atoms with Gasteiger partial charge in [-0.15, -0.1) is 0 Å². The Labute approximate surface area is 152 Å². The van der Waals surface area contributed by atoms with Crippen molar-refractivity contribution in [3.63, 3.8) is 0 Å². The monoisotopic (exact) mass is 349 g/mol. The predicted octanol–water partition coefficient (Wildman–Crippen LogP) is 3.01. The van der Waals surface area contributed by atoms with Gasteiger partial charge in [-0.1, -0.05) is 25.1 Å². The fourth-order valence-electron chi connectivity index (χ4n) is 3.86. The van der Waals surface area contributed by atoms with Gasteiger partial charge in [0.05, 0.1) is 5.69 Å². The Bertz CT molecular complexity index is 948. The van der Waals surface area contributed by atoms with Gasteiger partial charge in [0, 0.05) is 30.3 Å². The van der Waals surface area contributed by atoms with Crippen molar-refractivity contribution in [3.05, 3.63) is 59.2 Å². The van der Waals surface area contributed by atoms with Crippen molar-refractivity contribution < 1.29 is 4.79 Å². The molecule has 1 unspecified atom stereocenters. The minimum atomic E-state index is 0.132. The molecule has 1 fully saturated rings. The molecule has 1 aliphatic heterocycles. The number of carbonyl (C=O) groups is 1. The number of benzene rings is 1. The number of carbonyl (C=O) groups excluding carboxylic acids is 1. The van der Waals surface area contributed by atoms with Crippen LogP contribution in [0.2, 0.25) is 0 Å². The second-order valence-corrected chi connectivity index (χ2v) is 6.90. The van der Waals surface area contributed by atoms with E-state index < -0.39 is 0 Å². The molecule has 0 radical (unpaired) electrons. The molecule has 0 bridgehead atoms. The third-order valence-electron chi connectivity index (χ3n) is 5.16. The van der Waals surface area contributed by atoms with E-state index in [1.807, 2.05) is 40.6 Å². The number of rotatable bonds is 3. The maximum absolute atomic E-state index is 13.1. The quantitative estimate of drug-likeness (QED) is 0.729. The zero-order valence-corrected chi connectivity index (χ0v) is 15.2. The number of hydrogen-bond acceptors (Lipinski definition) is 4. The van der Waals surface area contributed by atoms with E-state index in [1.165, 1.54) is 6.33 Å². The second kappa shape index (κ2) is 6.86. The predicted molar refractivity (Wildman–Crippen MR) is 99.2 cm³/mol. The highest BCUT2D eigenvalue weighted by Crippen LogP contribution is 2.28. The van der Waals surface area contributed by atoms with Gasteiger partial charge in [-0.3, -0.25) is 4.79 Å². The first kappa shape index (κ1) is 16.7. The SMILES string of the molecule is CCc1ccccc1C(=O)N1CCCC(c2cc(C)nc3ncnn23)C1. The first-order chi connectivity index (χ1) is 12.7. The fourth-order valence-corrected chi connectivity index (χ4v) is 3.86. The van der Waals surface area contributed by atoms with Crippen molar-refractivity contribution in [2.24, 2.45) is 0 Å². The van der Waals surface area contributed by atoms with Crippen LogP contribution in [0, 0.1) is 6.92 Å². The smallest absolute Gasteiger partial charge is 0.254 e. The first-order valence-corrected chi connectivity index (χ1v) is 9.22. The summed E-state index contributed by atoms with van der Waals surface area (Å²) in [4.78, 5) is 23.7. The molecule has 6 heteroatoms. The minimum Gasteiger partial charge on any atom is -0.338 e. The highest BCUT2D eigenvalue weighted by Gasteiger charge is 2.28.